The number of rotatable bonds is 9. The Hall–Kier alpha value is -2.99. The van der Waals surface area contributed by atoms with Crippen LogP contribution in [0, 0.1) is 5.82 Å². The highest BCUT2D eigenvalue weighted by atomic mass is 19.1. The molecule has 2 aromatic carbocycles. The average Bonchev–Trinajstić information content (AvgIpc) is 2.71. The molecular weight excluding hydrogens is 343 g/mol. The van der Waals surface area contributed by atoms with Gasteiger partial charge in [-0.05, 0) is 24.1 Å². The predicted octanol–water partition coefficient (Wildman–Crippen LogP) is 4.34. The molecule has 1 aromatic heterocycles. The maximum atomic E-state index is 13.1. The molecule has 0 bridgehead atoms. The molecule has 0 aliphatic heterocycles. The summed E-state index contributed by atoms with van der Waals surface area (Å²) in [6.45, 7) is 2.00. The van der Waals surface area contributed by atoms with Crippen molar-refractivity contribution < 1.29 is 9.13 Å². The Morgan fingerprint density at radius 2 is 1.63 bits per heavy atom. The number of hydrogen-bond acceptors (Lipinski definition) is 5. The van der Waals surface area contributed by atoms with Gasteiger partial charge in [0.1, 0.15) is 17.5 Å². The van der Waals surface area contributed by atoms with Crippen molar-refractivity contribution in [3.05, 3.63) is 72.0 Å². The number of methoxy groups -OCH3 is 1. The molecule has 0 unspecified atom stereocenters. The Morgan fingerprint density at radius 1 is 0.926 bits per heavy atom. The highest BCUT2D eigenvalue weighted by molar-refractivity contribution is 5.61. The van der Waals surface area contributed by atoms with Crippen molar-refractivity contribution in [1.29, 1.82) is 0 Å². The summed E-state index contributed by atoms with van der Waals surface area (Å²) in [6.07, 6.45) is 0.888. The zero-order chi connectivity index (χ0) is 18.9. The van der Waals surface area contributed by atoms with E-state index in [0.29, 0.717) is 24.8 Å². The molecule has 0 saturated carbocycles. The molecule has 5 nitrogen and oxygen atoms in total. The smallest absolute Gasteiger partial charge is 0.163 e. The summed E-state index contributed by atoms with van der Waals surface area (Å²) < 4.78 is 18.1. The molecule has 0 aliphatic carbocycles. The summed E-state index contributed by atoms with van der Waals surface area (Å²) in [6, 6.07) is 18.1. The number of nitrogens with zero attached hydrogens (tertiary/aromatic N) is 2. The lowest BCUT2D eigenvalue weighted by molar-refractivity contribution is 0.198. The first-order chi connectivity index (χ1) is 13.2. The van der Waals surface area contributed by atoms with Gasteiger partial charge in [-0.3, -0.25) is 0 Å². The molecule has 0 aliphatic rings. The molecule has 1 heterocycles. The lowest BCUT2D eigenvalue weighted by atomic mass is 10.2. The van der Waals surface area contributed by atoms with E-state index in [0.717, 1.165) is 29.9 Å². The first kappa shape index (κ1) is 18.8. The number of hydrogen-bond donors (Lipinski definition) is 2. The van der Waals surface area contributed by atoms with Crippen LogP contribution in [-0.4, -0.2) is 30.2 Å². The lowest BCUT2D eigenvalue weighted by Crippen LogP contribution is -2.09. The van der Waals surface area contributed by atoms with Crippen LogP contribution in [0.3, 0.4) is 0 Å². The van der Waals surface area contributed by atoms with Gasteiger partial charge in [0, 0.05) is 38.4 Å². The van der Waals surface area contributed by atoms with Gasteiger partial charge in [0.2, 0.25) is 0 Å². The summed E-state index contributed by atoms with van der Waals surface area (Å²) >= 11 is 0. The van der Waals surface area contributed by atoms with Crippen molar-refractivity contribution in [2.45, 2.75) is 13.0 Å². The van der Waals surface area contributed by atoms with E-state index >= 15 is 0 Å². The summed E-state index contributed by atoms with van der Waals surface area (Å²) in [7, 11) is 1.69. The van der Waals surface area contributed by atoms with Gasteiger partial charge in [0.15, 0.2) is 5.82 Å². The molecule has 27 heavy (non-hydrogen) atoms. The number of nitrogens with one attached hydrogen (secondary N) is 2. The Kier molecular flexibility index (Phi) is 6.71. The van der Waals surface area contributed by atoms with E-state index < -0.39 is 0 Å². The standard InChI is InChI=1S/C21H23FN4O/c1-27-13-5-12-23-19-14-20(24-15-16-8-10-18(22)11-9-16)26-21(25-19)17-6-3-2-4-7-17/h2-4,6-11,14H,5,12-13,15H2,1H3,(H2,23,24,25,26). The van der Waals surface area contributed by atoms with E-state index in [9.17, 15) is 4.39 Å². The maximum absolute atomic E-state index is 13.1. The van der Waals surface area contributed by atoms with Gasteiger partial charge in [0.25, 0.3) is 0 Å². The third-order valence-corrected chi connectivity index (χ3v) is 3.98. The molecule has 6 heteroatoms. The van der Waals surface area contributed by atoms with Crippen LogP contribution in [0.15, 0.2) is 60.7 Å². The average molecular weight is 366 g/mol. The van der Waals surface area contributed by atoms with Crippen molar-refractivity contribution in [2.24, 2.45) is 0 Å². The molecule has 0 saturated heterocycles. The normalized spacial score (nSPS) is 10.6. The molecular formula is C21H23FN4O. The third kappa shape index (κ3) is 5.76. The second-order valence-corrected chi connectivity index (χ2v) is 6.08. The molecule has 2 N–H and O–H groups in total. The fraction of sp³-hybridized carbons (Fsp3) is 0.238. The van der Waals surface area contributed by atoms with E-state index in [1.165, 1.54) is 12.1 Å². The second-order valence-electron chi connectivity index (χ2n) is 6.08. The van der Waals surface area contributed by atoms with Crippen molar-refractivity contribution in [3.8, 4) is 11.4 Å². The monoisotopic (exact) mass is 366 g/mol. The van der Waals surface area contributed by atoms with Crippen LogP contribution < -0.4 is 10.6 Å². The molecule has 0 fully saturated rings. The minimum Gasteiger partial charge on any atom is -0.385 e. The first-order valence-electron chi connectivity index (χ1n) is 8.90. The molecule has 3 rings (SSSR count). The van der Waals surface area contributed by atoms with Crippen molar-refractivity contribution in [1.82, 2.24) is 9.97 Å². The second kappa shape index (κ2) is 9.64. The summed E-state index contributed by atoms with van der Waals surface area (Å²) in [5.41, 5.74) is 1.92. The molecule has 3 aromatic rings. The van der Waals surface area contributed by atoms with E-state index in [4.69, 9.17) is 4.74 Å². The van der Waals surface area contributed by atoms with Crippen LogP contribution in [0.5, 0.6) is 0 Å². The van der Waals surface area contributed by atoms with Crippen LogP contribution >= 0.6 is 0 Å². The number of anilines is 2. The highest BCUT2D eigenvalue weighted by Crippen LogP contribution is 2.20. The van der Waals surface area contributed by atoms with Gasteiger partial charge < -0.3 is 15.4 Å². The summed E-state index contributed by atoms with van der Waals surface area (Å²) in [4.78, 5) is 9.23. The topological polar surface area (TPSA) is 59.1 Å². The van der Waals surface area contributed by atoms with E-state index in [-0.39, 0.29) is 5.82 Å². The Labute approximate surface area is 158 Å². The number of aromatic nitrogens is 2. The minimum absolute atomic E-state index is 0.241. The fourth-order valence-electron chi connectivity index (χ4n) is 2.57. The maximum Gasteiger partial charge on any atom is 0.163 e. The van der Waals surface area contributed by atoms with Crippen LogP contribution in [0.4, 0.5) is 16.0 Å². The number of halogens is 1. The van der Waals surface area contributed by atoms with E-state index in [2.05, 4.69) is 20.6 Å². The molecule has 0 amide bonds. The van der Waals surface area contributed by atoms with Crippen LogP contribution in [-0.2, 0) is 11.3 Å². The summed E-state index contributed by atoms with van der Waals surface area (Å²) in [5.74, 6) is 1.87. The molecule has 0 atom stereocenters. The largest absolute Gasteiger partial charge is 0.385 e. The van der Waals surface area contributed by atoms with Crippen LogP contribution in [0.25, 0.3) is 11.4 Å². The third-order valence-electron chi connectivity index (χ3n) is 3.98. The van der Waals surface area contributed by atoms with Crippen LogP contribution in [0.1, 0.15) is 12.0 Å². The van der Waals surface area contributed by atoms with Gasteiger partial charge in [-0.1, -0.05) is 42.5 Å². The SMILES string of the molecule is COCCCNc1cc(NCc2ccc(F)cc2)nc(-c2ccccc2)n1. The van der Waals surface area contributed by atoms with Crippen molar-refractivity contribution in [3.63, 3.8) is 0 Å². The Morgan fingerprint density at radius 3 is 2.33 bits per heavy atom. The van der Waals surface area contributed by atoms with Gasteiger partial charge in [0.05, 0.1) is 0 Å². The quantitative estimate of drug-likeness (QED) is 0.552. The molecule has 0 radical (unpaired) electrons. The Balaban J connectivity index is 1.77. The predicted molar refractivity (Wildman–Crippen MR) is 106 cm³/mol. The zero-order valence-corrected chi connectivity index (χ0v) is 15.3. The first-order valence-corrected chi connectivity index (χ1v) is 8.90. The molecule has 140 valence electrons. The van der Waals surface area contributed by atoms with Gasteiger partial charge in [-0.2, -0.15) is 0 Å². The number of benzene rings is 2. The minimum atomic E-state index is -0.241. The zero-order valence-electron chi connectivity index (χ0n) is 15.3. The summed E-state index contributed by atoms with van der Waals surface area (Å²) in [5, 5.41) is 6.61. The van der Waals surface area contributed by atoms with E-state index in [1.807, 2.05) is 36.4 Å². The highest BCUT2D eigenvalue weighted by Gasteiger charge is 2.07. The fourth-order valence-corrected chi connectivity index (χ4v) is 2.57. The molecule has 0 spiro atoms. The lowest BCUT2D eigenvalue weighted by Gasteiger charge is -2.12. The van der Waals surface area contributed by atoms with Gasteiger partial charge in [-0.15, -0.1) is 0 Å². The van der Waals surface area contributed by atoms with Crippen molar-refractivity contribution in [2.75, 3.05) is 30.9 Å². The van der Waals surface area contributed by atoms with Crippen LogP contribution in [0.2, 0.25) is 0 Å². The Bertz CT molecular complexity index is 841. The number of ether oxygens (including phenoxy) is 1. The van der Waals surface area contributed by atoms with E-state index in [1.54, 1.807) is 19.2 Å². The van der Waals surface area contributed by atoms with Gasteiger partial charge >= 0.3 is 0 Å². The van der Waals surface area contributed by atoms with Gasteiger partial charge in [-0.25, -0.2) is 14.4 Å². The van der Waals surface area contributed by atoms with Crippen molar-refractivity contribution >= 4 is 11.6 Å².